The SMILES string of the molecule is CC(C)[C@H](NC(=O)[C@H](CO)NC(=O)[C@H](C)NC(=O)[C@@H](N)CCC(N)=O)C(=O)O. The summed E-state index contributed by atoms with van der Waals surface area (Å²) in [7, 11) is 0. The molecular formula is C16H29N5O7. The van der Waals surface area contributed by atoms with E-state index >= 15 is 0 Å². The number of aliphatic carboxylic acids is 1. The zero-order valence-corrected chi connectivity index (χ0v) is 16.1. The Morgan fingerprint density at radius 3 is 1.93 bits per heavy atom. The van der Waals surface area contributed by atoms with Crippen molar-refractivity contribution in [3.63, 3.8) is 0 Å². The highest BCUT2D eigenvalue weighted by Gasteiger charge is 2.29. The lowest BCUT2D eigenvalue weighted by molar-refractivity contribution is -0.143. The van der Waals surface area contributed by atoms with E-state index in [1.54, 1.807) is 13.8 Å². The fourth-order valence-corrected chi connectivity index (χ4v) is 2.07. The van der Waals surface area contributed by atoms with Crippen molar-refractivity contribution in [2.45, 2.75) is 57.8 Å². The first-order chi connectivity index (χ1) is 12.9. The fourth-order valence-electron chi connectivity index (χ4n) is 2.07. The van der Waals surface area contributed by atoms with Crippen LogP contribution < -0.4 is 27.4 Å². The van der Waals surface area contributed by atoms with Crippen LogP contribution in [-0.4, -0.2) is 70.6 Å². The predicted molar refractivity (Wildman–Crippen MR) is 97.4 cm³/mol. The van der Waals surface area contributed by atoms with Crippen molar-refractivity contribution >= 4 is 29.6 Å². The van der Waals surface area contributed by atoms with Gasteiger partial charge in [-0.25, -0.2) is 4.79 Å². The molecule has 28 heavy (non-hydrogen) atoms. The third-order valence-corrected chi connectivity index (χ3v) is 3.84. The van der Waals surface area contributed by atoms with Crippen molar-refractivity contribution in [3.8, 4) is 0 Å². The average molecular weight is 403 g/mol. The quantitative estimate of drug-likeness (QED) is 0.175. The zero-order valence-electron chi connectivity index (χ0n) is 16.1. The van der Waals surface area contributed by atoms with E-state index in [0.29, 0.717) is 0 Å². The standard InChI is InChI=1S/C16H29N5O7/c1-7(2)12(16(27)28)21-15(26)10(6-22)20-13(24)8(3)19-14(25)9(17)4-5-11(18)23/h7-10,12,22H,4-6,17H2,1-3H3,(H2,18,23)(H,19,25)(H,20,24)(H,21,26)(H,27,28)/t8-,9-,10-,12-/m0/s1. The molecule has 12 nitrogen and oxygen atoms in total. The van der Waals surface area contributed by atoms with Gasteiger partial charge in [-0.15, -0.1) is 0 Å². The summed E-state index contributed by atoms with van der Waals surface area (Å²) in [4.78, 5) is 58.0. The van der Waals surface area contributed by atoms with Crippen molar-refractivity contribution in [1.82, 2.24) is 16.0 Å². The van der Waals surface area contributed by atoms with Crippen LogP contribution in [0, 0.1) is 5.92 Å². The molecule has 0 unspecified atom stereocenters. The lowest BCUT2D eigenvalue weighted by Crippen LogP contribution is -2.58. The Morgan fingerprint density at radius 1 is 0.929 bits per heavy atom. The molecule has 0 aromatic heterocycles. The van der Waals surface area contributed by atoms with E-state index < -0.39 is 66.3 Å². The number of rotatable bonds is 12. The number of nitrogens with one attached hydrogen (secondary N) is 3. The van der Waals surface area contributed by atoms with Crippen LogP contribution in [0.1, 0.15) is 33.6 Å². The van der Waals surface area contributed by atoms with Gasteiger partial charge >= 0.3 is 5.97 Å². The smallest absolute Gasteiger partial charge is 0.326 e. The van der Waals surface area contributed by atoms with Crippen LogP contribution in [0.15, 0.2) is 0 Å². The zero-order chi connectivity index (χ0) is 22.0. The molecule has 0 aromatic rings. The van der Waals surface area contributed by atoms with Crippen molar-refractivity contribution < 1.29 is 34.2 Å². The first-order valence-electron chi connectivity index (χ1n) is 8.69. The molecule has 0 saturated carbocycles. The summed E-state index contributed by atoms with van der Waals surface area (Å²) in [5.41, 5.74) is 10.6. The van der Waals surface area contributed by atoms with Gasteiger partial charge in [-0.2, -0.15) is 0 Å². The molecule has 9 N–H and O–H groups in total. The minimum Gasteiger partial charge on any atom is -0.480 e. The summed E-state index contributed by atoms with van der Waals surface area (Å²) in [6, 6.07) is -4.76. The third-order valence-electron chi connectivity index (χ3n) is 3.84. The number of nitrogens with two attached hydrogens (primary N) is 2. The number of primary amides is 1. The van der Waals surface area contributed by atoms with Crippen LogP contribution >= 0.6 is 0 Å². The molecule has 0 aromatic carbocycles. The maximum atomic E-state index is 12.1. The van der Waals surface area contributed by atoms with Gasteiger partial charge in [0, 0.05) is 6.42 Å². The molecule has 0 aliphatic rings. The minimum absolute atomic E-state index is 0.00293. The summed E-state index contributed by atoms with van der Waals surface area (Å²) >= 11 is 0. The number of aliphatic hydroxyl groups is 1. The molecule has 0 spiro atoms. The molecule has 0 fully saturated rings. The molecule has 0 saturated heterocycles. The Kier molecular flexibility index (Phi) is 10.7. The van der Waals surface area contributed by atoms with E-state index in [2.05, 4.69) is 16.0 Å². The van der Waals surface area contributed by atoms with E-state index in [9.17, 15) is 29.1 Å². The lowest BCUT2D eigenvalue weighted by atomic mass is 10.0. The molecule has 0 aliphatic carbocycles. The Morgan fingerprint density at radius 2 is 1.50 bits per heavy atom. The van der Waals surface area contributed by atoms with Crippen LogP contribution in [0.5, 0.6) is 0 Å². The van der Waals surface area contributed by atoms with E-state index in [1.807, 2.05) is 0 Å². The summed E-state index contributed by atoms with van der Waals surface area (Å²) in [6.45, 7) is 3.73. The highest BCUT2D eigenvalue weighted by molar-refractivity contribution is 5.94. The molecule has 0 bridgehead atoms. The van der Waals surface area contributed by atoms with Crippen molar-refractivity contribution in [1.29, 1.82) is 0 Å². The number of carbonyl (C=O) groups is 5. The highest BCUT2D eigenvalue weighted by Crippen LogP contribution is 2.02. The second-order valence-electron chi connectivity index (χ2n) is 6.65. The Labute approximate surface area is 162 Å². The maximum absolute atomic E-state index is 12.1. The number of carboxylic acids is 1. The van der Waals surface area contributed by atoms with Gasteiger partial charge < -0.3 is 37.6 Å². The van der Waals surface area contributed by atoms with Crippen LogP contribution in [0.2, 0.25) is 0 Å². The first-order valence-corrected chi connectivity index (χ1v) is 8.69. The highest BCUT2D eigenvalue weighted by atomic mass is 16.4. The number of hydrogen-bond donors (Lipinski definition) is 7. The van der Waals surface area contributed by atoms with Crippen LogP contribution in [0.3, 0.4) is 0 Å². The number of aliphatic hydroxyl groups excluding tert-OH is 1. The summed E-state index contributed by atoms with van der Waals surface area (Å²) in [5.74, 6) is -4.66. The van der Waals surface area contributed by atoms with E-state index in [-0.39, 0.29) is 12.8 Å². The number of amides is 4. The topological polar surface area (TPSA) is 214 Å². The monoisotopic (exact) mass is 403 g/mol. The fraction of sp³-hybridized carbons (Fsp3) is 0.688. The summed E-state index contributed by atoms with van der Waals surface area (Å²) < 4.78 is 0. The van der Waals surface area contributed by atoms with E-state index in [1.165, 1.54) is 6.92 Å². The Hall–Kier alpha value is -2.73. The normalized spacial score (nSPS) is 15.1. The van der Waals surface area contributed by atoms with Gasteiger partial charge in [-0.3, -0.25) is 19.2 Å². The van der Waals surface area contributed by atoms with Crippen molar-refractivity contribution in [2.24, 2.45) is 17.4 Å². The molecule has 0 rings (SSSR count). The maximum Gasteiger partial charge on any atom is 0.326 e. The van der Waals surface area contributed by atoms with Crippen LogP contribution in [-0.2, 0) is 24.0 Å². The molecule has 160 valence electrons. The molecular weight excluding hydrogens is 374 g/mol. The Bertz CT molecular complexity index is 596. The van der Waals surface area contributed by atoms with E-state index in [0.717, 1.165) is 0 Å². The molecule has 4 amide bonds. The largest absolute Gasteiger partial charge is 0.480 e. The minimum atomic E-state index is -1.41. The first kappa shape index (κ1) is 25.3. The van der Waals surface area contributed by atoms with Crippen molar-refractivity contribution in [3.05, 3.63) is 0 Å². The summed E-state index contributed by atoms with van der Waals surface area (Å²) in [5, 5.41) is 25.2. The molecule has 0 radical (unpaired) electrons. The average Bonchev–Trinajstić information content (AvgIpc) is 2.60. The lowest BCUT2D eigenvalue weighted by Gasteiger charge is -2.23. The Balaban J connectivity index is 4.77. The summed E-state index contributed by atoms with van der Waals surface area (Å²) in [6.07, 6.45) is -0.0918. The van der Waals surface area contributed by atoms with Gasteiger partial charge in [-0.05, 0) is 19.3 Å². The number of carboxylic acid groups (broad SMARTS) is 1. The van der Waals surface area contributed by atoms with Gasteiger partial charge in [0.15, 0.2) is 0 Å². The second kappa shape index (κ2) is 11.9. The number of hydrogen-bond acceptors (Lipinski definition) is 7. The van der Waals surface area contributed by atoms with Crippen LogP contribution in [0.4, 0.5) is 0 Å². The van der Waals surface area contributed by atoms with Gasteiger partial charge in [0.05, 0.1) is 12.6 Å². The molecule has 12 heteroatoms. The van der Waals surface area contributed by atoms with Gasteiger partial charge in [-0.1, -0.05) is 13.8 Å². The molecule has 0 aliphatic heterocycles. The molecule has 0 heterocycles. The molecule has 4 atom stereocenters. The van der Waals surface area contributed by atoms with Gasteiger partial charge in [0.2, 0.25) is 23.6 Å². The van der Waals surface area contributed by atoms with E-state index in [4.69, 9.17) is 16.6 Å². The van der Waals surface area contributed by atoms with Crippen LogP contribution in [0.25, 0.3) is 0 Å². The predicted octanol–water partition coefficient (Wildman–Crippen LogP) is -3.21. The van der Waals surface area contributed by atoms with Crippen molar-refractivity contribution in [2.75, 3.05) is 6.61 Å². The van der Waals surface area contributed by atoms with Gasteiger partial charge in [0.1, 0.15) is 18.1 Å². The number of carbonyl (C=O) groups excluding carboxylic acids is 4. The third kappa shape index (κ3) is 8.77. The van der Waals surface area contributed by atoms with Gasteiger partial charge in [0.25, 0.3) is 0 Å². The second-order valence-corrected chi connectivity index (χ2v) is 6.65.